The fourth-order valence-corrected chi connectivity index (χ4v) is 2.90. The Morgan fingerprint density at radius 2 is 2.00 bits per heavy atom. The van der Waals surface area contributed by atoms with Gasteiger partial charge in [0.25, 0.3) is 0 Å². The summed E-state index contributed by atoms with van der Waals surface area (Å²) in [6.07, 6.45) is 5.07. The first-order chi connectivity index (χ1) is 5.68. The van der Waals surface area contributed by atoms with Crippen molar-refractivity contribution in [3.63, 3.8) is 0 Å². The fraction of sp³-hybridized carbons (Fsp3) is 0.800. The first kappa shape index (κ1) is 7.10. The number of hydrogen-bond acceptors (Lipinski definition) is 2. The second kappa shape index (κ2) is 1.94. The Bertz CT molecular complexity index is 244. The van der Waals surface area contributed by atoms with Crippen LogP contribution in [0.25, 0.3) is 0 Å². The zero-order chi connectivity index (χ0) is 8.34. The third-order valence-electron chi connectivity index (χ3n) is 3.49. The van der Waals surface area contributed by atoms with Gasteiger partial charge in [-0.2, -0.15) is 0 Å². The Hall–Kier alpha value is -0.340. The van der Waals surface area contributed by atoms with Gasteiger partial charge in [0.2, 0.25) is 0 Å². The Kier molecular flexibility index (Phi) is 1.15. The molecule has 2 nitrogen and oxygen atoms in total. The van der Waals surface area contributed by atoms with Crippen LogP contribution in [0.3, 0.4) is 0 Å². The lowest BCUT2D eigenvalue weighted by molar-refractivity contribution is -0.0308. The van der Waals surface area contributed by atoms with Crippen LogP contribution in [-0.2, 0) is 9.47 Å². The molecule has 0 aromatic rings. The van der Waals surface area contributed by atoms with Gasteiger partial charge < -0.3 is 9.47 Å². The van der Waals surface area contributed by atoms with Crippen molar-refractivity contribution in [2.24, 2.45) is 11.8 Å². The predicted octanol–water partition coefficient (Wildman–Crippen LogP) is 1.36. The van der Waals surface area contributed by atoms with Crippen molar-refractivity contribution in [2.45, 2.75) is 31.7 Å². The minimum atomic E-state index is 0.0227. The Morgan fingerprint density at radius 3 is 2.75 bits per heavy atom. The van der Waals surface area contributed by atoms with Crippen LogP contribution >= 0.6 is 0 Å². The van der Waals surface area contributed by atoms with Crippen molar-refractivity contribution < 1.29 is 9.47 Å². The standard InChI is InChI=1S/C10H14O2/c1-10(2)9-6(5-11-10)7-3-4-8(9)12-7/h3-4,6-9H,5H2,1-2H3. The second-order valence-corrected chi connectivity index (χ2v) is 4.55. The Labute approximate surface area is 72.5 Å². The quantitative estimate of drug-likeness (QED) is 0.506. The molecule has 0 radical (unpaired) electrons. The molecule has 66 valence electrons. The molecule has 3 heterocycles. The summed E-state index contributed by atoms with van der Waals surface area (Å²) < 4.78 is 11.6. The lowest BCUT2D eigenvalue weighted by atomic mass is 9.77. The van der Waals surface area contributed by atoms with E-state index in [2.05, 4.69) is 26.0 Å². The molecule has 0 aliphatic carbocycles. The molecule has 0 spiro atoms. The molecular weight excluding hydrogens is 152 g/mol. The molecular formula is C10H14O2. The van der Waals surface area contributed by atoms with Gasteiger partial charge in [-0.3, -0.25) is 0 Å². The van der Waals surface area contributed by atoms with Gasteiger partial charge in [0.1, 0.15) is 0 Å². The Morgan fingerprint density at radius 1 is 1.25 bits per heavy atom. The Balaban J connectivity index is 2.00. The summed E-state index contributed by atoms with van der Waals surface area (Å²) in [5.74, 6) is 1.21. The first-order valence-corrected chi connectivity index (χ1v) is 4.66. The van der Waals surface area contributed by atoms with E-state index in [1.807, 2.05) is 0 Å². The lowest BCUT2D eigenvalue weighted by Crippen LogP contribution is -2.35. The van der Waals surface area contributed by atoms with E-state index in [0.29, 0.717) is 24.0 Å². The van der Waals surface area contributed by atoms with Crippen molar-refractivity contribution in [3.05, 3.63) is 12.2 Å². The van der Waals surface area contributed by atoms with Crippen LogP contribution in [-0.4, -0.2) is 24.4 Å². The smallest absolute Gasteiger partial charge is 0.0825 e. The van der Waals surface area contributed by atoms with Gasteiger partial charge in [0, 0.05) is 11.8 Å². The normalized spacial score (nSPS) is 53.2. The van der Waals surface area contributed by atoms with Gasteiger partial charge in [-0.1, -0.05) is 12.2 Å². The summed E-state index contributed by atoms with van der Waals surface area (Å²) >= 11 is 0. The SMILES string of the molecule is CC1(C)OCC2C3C=CC(O3)C21. The molecule has 2 fully saturated rings. The van der Waals surface area contributed by atoms with Gasteiger partial charge >= 0.3 is 0 Å². The van der Waals surface area contributed by atoms with E-state index in [9.17, 15) is 0 Å². The molecule has 0 saturated carbocycles. The maximum atomic E-state index is 5.78. The number of rotatable bonds is 0. The zero-order valence-corrected chi connectivity index (χ0v) is 7.49. The van der Waals surface area contributed by atoms with Crippen molar-refractivity contribution in [2.75, 3.05) is 6.61 Å². The molecule has 0 N–H and O–H groups in total. The van der Waals surface area contributed by atoms with E-state index in [1.54, 1.807) is 0 Å². The molecule has 3 aliphatic heterocycles. The summed E-state index contributed by atoms with van der Waals surface area (Å²) in [5, 5.41) is 0. The van der Waals surface area contributed by atoms with Crippen molar-refractivity contribution in [1.29, 1.82) is 0 Å². The van der Waals surface area contributed by atoms with Crippen LogP contribution in [0.15, 0.2) is 12.2 Å². The van der Waals surface area contributed by atoms with Crippen LogP contribution in [0.1, 0.15) is 13.8 Å². The van der Waals surface area contributed by atoms with Crippen LogP contribution in [0.2, 0.25) is 0 Å². The molecule has 2 saturated heterocycles. The van der Waals surface area contributed by atoms with Gasteiger partial charge in [-0.15, -0.1) is 0 Å². The second-order valence-electron chi connectivity index (χ2n) is 4.55. The number of ether oxygens (including phenoxy) is 2. The van der Waals surface area contributed by atoms with E-state index in [0.717, 1.165) is 6.61 Å². The van der Waals surface area contributed by atoms with Crippen LogP contribution < -0.4 is 0 Å². The summed E-state index contributed by atoms with van der Waals surface area (Å²) in [6, 6.07) is 0. The van der Waals surface area contributed by atoms with Gasteiger partial charge in [0.15, 0.2) is 0 Å². The van der Waals surface area contributed by atoms with Gasteiger partial charge in [0.05, 0.1) is 24.4 Å². The van der Waals surface area contributed by atoms with Crippen LogP contribution in [0.4, 0.5) is 0 Å². The number of fused-ring (bicyclic) bond motifs is 5. The minimum Gasteiger partial charge on any atom is -0.375 e. The minimum absolute atomic E-state index is 0.0227. The largest absolute Gasteiger partial charge is 0.375 e. The molecule has 2 heteroatoms. The average Bonchev–Trinajstić information content (AvgIpc) is 2.61. The maximum absolute atomic E-state index is 5.78. The summed E-state index contributed by atoms with van der Waals surface area (Å²) in [5.41, 5.74) is 0.0227. The fourth-order valence-electron chi connectivity index (χ4n) is 2.90. The summed E-state index contributed by atoms with van der Waals surface area (Å²) in [4.78, 5) is 0. The molecule has 0 amide bonds. The van der Waals surface area contributed by atoms with Crippen LogP contribution in [0.5, 0.6) is 0 Å². The highest BCUT2D eigenvalue weighted by Crippen LogP contribution is 2.50. The van der Waals surface area contributed by atoms with Gasteiger partial charge in [-0.05, 0) is 13.8 Å². The summed E-state index contributed by atoms with van der Waals surface area (Å²) in [7, 11) is 0. The maximum Gasteiger partial charge on any atom is 0.0825 e. The van der Waals surface area contributed by atoms with E-state index in [1.165, 1.54) is 0 Å². The monoisotopic (exact) mass is 166 g/mol. The molecule has 3 rings (SSSR count). The predicted molar refractivity (Wildman–Crippen MR) is 44.8 cm³/mol. The third-order valence-corrected chi connectivity index (χ3v) is 3.49. The lowest BCUT2D eigenvalue weighted by Gasteiger charge is -2.27. The van der Waals surface area contributed by atoms with Crippen molar-refractivity contribution >= 4 is 0 Å². The highest BCUT2D eigenvalue weighted by Gasteiger charge is 2.56. The van der Waals surface area contributed by atoms with Crippen molar-refractivity contribution in [1.82, 2.24) is 0 Å². The highest BCUT2D eigenvalue weighted by molar-refractivity contribution is 5.19. The molecule has 4 unspecified atom stereocenters. The first-order valence-electron chi connectivity index (χ1n) is 4.66. The van der Waals surface area contributed by atoms with Gasteiger partial charge in [-0.25, -0.2) is 0 Å². The zero-order valence-electron chi connectivity index (χ0n) is 7.49. The molecule has 2 bridgehead atoms. The molecule has 4 atom stereocenters. The van der Waals surface area contributed by atoms with E-state index < -0.39 is 0 Å². The van der Waals surface area contributed by atoms with E-state index >= 15 is 0 Å². The average molecular weight is 166 g/mol. The molecule has 12 heavy (non-hydrogen) atoms. The molecule has 0 aromatic heterocycles. The topological polar surface area (TPSA) is 18.5 Å². The highest BCUT2D eigenvalue weighted by atomic mass is 16.5. The van der Waals surface area contributed by atoms with E-state index in [4.69, 9.17) is 9.47 Å². The number of hydrogen-bond donors (Lipinski definition) is 0. The van der Waals surface area contributed by atoms with E-state index in [-0.39, 0.29) is 5.60 Å². The third kappa shape index (κ3) is 0.679. The molecule has 0 aromatic carbocycles. The van der Waals surface area contributed by atoms with Crippen molar-refractivity contribution in [3.8, 4) is 0 Å². The van der Waals surface area contributed by atoms with Crippen LogP contribution in [0, 0.1) is 11.8 Å². The summed E-state index contributed by atoms with van der Waals surface area (Å²) in [6.45, 7) is 5.23. The molecule has 3 aliphatic rings.